The summed E-state index contributed by atoms with van der Waals surface area (Å²) < 4.78 is 75.2. The molecule has 76 heavy (non-hydrogen) atoms. The van der Waals surface area contributed by atoms with Crippen molar-refractivity contribution in [3.63, 3.8) is 0 Å². The fraction of sp³-hybridized carbons (Fsp3) is 0.345. The highest BCUT2D eigenvalue weighted by molar-refractivity contribution is 9.10. The number of ether oxygens (including phenoxy) is 2. The van der Waals surface area contributed by atoms with Gasteiger partial charge in [0.05, 0.1) is 36.9 Å². The maximum Gasteiger partial charge on any atom is 0.495 e. The van der Waals surface area contributed by atoms with Crippen molar-refractivity contribution in [2.24, 2.45) is 10.8 Å². The molecule has 7 rings (SSSR count). The summed E-state index contributed by atoms with van der Waals surface area (Å²) in [7, 11) is -4.85. The van der Waals surface area contributed by atoms with E-state index in [9.17, 15) is 26.4 Å². The number of carbonyl (C=O) groups is 2. The summed E-state index contributed by atoms with van der Waals surface area (Å²) in [6, 6.07) is 35.1. The first kappa shape index (κ1) is 60.7. The van der Waals surface area contributed by atoms with Gasteiger partial charge in [0.2, 0.25) is 0 Å². The van der Waals surface area contributed by atoms with Crippen LogP contribution < -0.4 is 37.0 Å². The molecule has 1 saturated heterocycles. The first-order valence-electron chi connectivity index (χ1n) is 24.5. The topological polar surface area (TPSA) is 215 Å². The van der Waals surface area contributed by atoms with Gasteiger partial charge < -0.3 is 40.9 Å². The molecule has 0 aromatic heterocycles. The molecule has 6 N–H and O–H groups in total. The average molecular weight is 1140 g/mol. The molecule has 2 amide bonds. The fourth-order valence-electron chi connectivity index (χ4n) is 8.08. The zero-order valence-electron chi connectivity index (χ0n) is 46.0. The molecule has 0 bridgehead atoms. The van der Waals surface area contributed by atoms with Crippen molar-refractivity contribution in [1.29, 1.82) is 0 Å². The van der Waals surface area contributed by atoms with Gasteiger partial charge in [-0.05, 0) is 169 Å². The van der Waals surface area contributed by atoms with E-state index >= 15 is 0 Å². The Labute approximate surface area is 458 Å². The number of anilines is 4. The third-order valence-electron chi connectivity index (χ3n) is 12.4. The Bertz CT molecular complexity index is 3280. The minimum absolute atomic E-state index is 0.0283. The number of amides is 2. The maximum atomic E-state index is 12.9. The Balaban J connectivity index is 0.000000245. The van der Waals surface area contributed by atoms with Crippen molar-refractivity contribution >= 4 is 82.7 Å². The van der Waals surface area contributed by atoms with Crippen LogP contribution in [0.15, 0.2) is 136 Å². The molecule has 0 saturated carbocycles. The minimum atomic E-state index is -3.58. The lowest BCUT2D eigenvalue weighted by Crippen LogP contribution is -2.41. The molecule has 1 heterocycles. The molecule has 0 unspecified atom stereocenters. The van der Waals surface area contributed by atoms with Crippen molar-refractivity contribution in [3.8, 4) is 22.6 Å². The smallest absolute Gasteiger partial charge is 0.495 e. The van der Waals surface area contributed by atoms with Crippen LogP contribution in [0.2, 0.25) is 0 Å². The van der Waals surface area contributed by atoms with Crippen LogP contribution in [0.4, 0.5) is 22.7 Å². The fourth-order valence-corrected chi connectivity index (χ4v) is 12.4. The molecule has 0 spiro atoms. The van der Waals surface area contributed by atoms with E-state index < -0.39 is 48.8 Å². The molecule has 406 valence electrons. The number of rotatable bonds is 12. The standard InChI is InChI=1S/C26H36BNO6S.C26H30N2O4S.C6H6BrN/c1-17-14-19(11-12-20(17)27-33-25(5,6)26(7,8)34-27)28-23(29)18-10-13-22(21(15-18)32-9)35(30,31)16-24(2,3)4;1-17-14-19(11-12-20(17)21-8-6-7-9-22(21)27)28-25(29)18-10-13-24(23(15-18)32-5)33(30,31)16-26(2,3)4;7-5-3-1-2-4-6(5)8/h10-15H,16H2,1-9H3,(H,28,29);6-15H,16,27H2,1-5H3,(H,28,29);1-4H,8H2. The monoisotopic (exact) mass is 1140 g/mol. The molecule has 1 aliphatic rings. The van der Waals surface area contributed by atoms with E-state index in [-0.39, 0.29) is 44.6 Å². The number of nitrogens with two attached hydrogens (primary N) is 2. The van der Waals surface area contributed by atoms with Gasteiger partial charge in [0.15, 0.2) is 19.7 Å². The summed E-state index contributed by atoms with van der Waals surface area (Å²) in [6.07, 6.45) is 0. The molecule has 1 fully saturated rings. The highest BCUT2D eigenvalue weighted by Crippen LogP contribution is 2.38. The molecule has 6 aromatic carbocycles. The van der Waals surface area contributed by atoms with Gasteiger partial charge in [-0.15, -0.1) is 0 Å². The van der Waals surface area contributed by atoms with Crippen LogP contribution in [-0.4, -0.2) is 72.7 Å². The highest BCUT2D eigenvalue weighted by atomic mass is 79.9. The van der Waals surface area contributed by atoms with E-state index in [1.165, 1.54) is 50.6 Å². The molecule has 0 radical (unpaired) electrons. The molecule has 0 atom stereocenters. The second kappa shape index (κ2) is 24.0. The predicted octanol–water partition coefficient (Wildman–Crippen LogP) is 11.7. The third-order valence-corrected chi connectivity index (χ3v) is 17.7. The van der Waals surface area contributed by atoms with Crippen LogP contribution in [0.25, 0.3) is 11.1 Å². The first-order valence-corrected chi connectivity index (χ1v) is 28.6. The van der Waals surface area contributed by atoms with E-state index in [1.807, 2.05) is 162 Å². The van der Waals surface area contributed by atoms with Crippen LogP contribution in [0.3, 0.4) is 0 Å². The third kappa shape index (κ3) is 15.7. The average Bonchev–Trinajstić information content (AvgIpc) is 3.53. The van der Waals surface area contributed by atoms with Gasteiger partial charge in [-0.1, -0.05) is 84.0 Å². The van der Waals surface area contributed by atoms with Crippen LogP contribution in [-0.2, 0) is 29.0 Å². The summed E-state index contributed by atoms with van der Waals surface area (Å²) in [5, 5.41) is 5.74. The predicted molar refractivity (Wildman–Crippen MR) is 311 cm³/mol. The van der Waals surface area contributed by atoms with Gasteiger partial charge in [0.25, 0.3) is 11.8 Å². The Morgan fingerprint density at radius 3 is 1.38 bits per heavy atom. The Morgan fingerprint density at radius 1 is 0.579 bits per heavy atom. The zero-order valence-corrected chi connectivity index (χ0v) is 49.2. The number of aryl methyl sites for hydroxylation is 2. The molecular weight excluding hydrogens is 1070 g/mol. The second-order valence-electron chi connectivity index (χ2n) is 22.1. The SMILES string of the molecule is COc1cc(C(=O)Nc2ccc(-c3ccccc3N)c(C)c2)ccc1S(=O)(=O)CC(C)(C)C.COc1cc(C(=O)Nc2ccc(B3OC(C)(C)C(C)(C)O3)c(C)c2)ccc1S(=O)(=O)CC(C)(C)C.Nc1ccccc1Br. The summed E-state index contributed by atoms with van der Waals surface area (Å²) in [6.45, 7) is 23.1. The van der Waals surface area contributed by atoms with Gasteiger partial charge in [-0.2, -0.15) is 0 Å². The van der Waals surface area contributed by atoms with Crippen molar-refractivity contribution in [2.75, 3.05) is 47.8 Å². The van der Waals surface area contributed by atoms with E-state index in [2.05, 4.69) is 26.6 Å². The molecular formula is C58H72BBrN4O10S2. The van der Waals surface area contributed by atoms with E-state index in [0.29, 0.717) is 28.2 Å². The Hall–Kier alpha value is -6.18. The number of carbonyl (C=O) groups excluding carboxylic acids is 2. The van der Waals surface area contributed by atoms with Crippen LogP contribution in [0.1, 0.15) is 101 Å². The maximum absolute atomic E-state index is 12.9. The number of hydrogen-bond donors (Lipinski definition) is 4. The number of methoxy groups -OCH3 is 2. The van der Waals surface area contributed by atoms with Crippen molar-refractivity contribution in [1.82, 2.24) is 0 Å². The highest BCUT2D eigenvalue weighted by Gasteiger charge is 2.52. The van der Waals surface area contributed by atoms with Gasteiger partial charge >= 0.3 is 7.12 Å². The lowest BCUT2D eigenvalue weighted by molar-refractivity contribution is 0.00578. The van der Waals surface area contributed by atoms with Gasteiger partial charge in [0, 0.05) is 43.9 Å². The molecule has 18 heteroatoms. The van der Waals surface area contributed by atoms with Crippen LogP contribution in [0.5, 0.6) is 11.5 Å². The van der Waals surface area contributed by atoms with E-state index in [1.54, 1.807) is 6.07 Å². The van der Waals surface area contributed by atoms with Crippen molar-refractivity contribution < 1.29 is 45.2 Å². The van der Waals surface area contributed by atoms with Gasteiger partial charge in [-0.25, -0.2) is 16.8 Å². The number of benzene rings is 6. The Morgan fingerprint density at radius 2 is 1.00 bits per heavy atom. The van der Waals surface area contributed by atoms with Gasteiger partial charge in [-0.3, -0.25) is 9.59 Å². The molecule has 14 nitrogen and oxygen atoms in total. The number of nitrogens with one attached hydrogen (secondary N) is 2. The number of nitrogen functional groups attached to an aromatic ring is 2. The first-order chi connectivity index (χ1) is 35.2. The molecule has 1 aliphatic heterocycles. The number of para-hydroxylation sites is 2. The Kier molecular flexibility index (Phi) is 19.2. The molecule has 0 aliphatic carbocycles. The lowest BCUT2D eigenvalue weighted by atomic mass is 9.76. The number of halogens is 1. The summed E-state index contributed by atoms with van der Waals surface area (Å²) >= 11 is 3.27. The normalized spacial score (nSPS) is 14.1. The van der Waals surface area contributed by atoms with Crippen molar-refractivity contribution in [2.45, 2.75) is 104 Å². The summed E-state index contributed by atoms with van der Waals surface area (Å²) in [5.74, 6) is -0.493. The molecule has 6 aromatic rings. The van der Waals surface area contributed by atoms with Gasteiger partial charge in [0.1, 0.15) is 21.3 Å². The second-order valence-corrected chi connectivity index (χ2v) is 26.8. The number of sulfone groups is 2. The van der Waals surface area contributed by atoms with Crippen LogP contribution >= 0.6 is 15.9 Å². The number of hydrogen-bond acceptors (Lipinski definition) is 12. The zero-order chi connectivity index (χ0) is 56.8. The largest absolute Gasteiger partial charge is 0.495 e. The summed E-state index contributed by atoms with van der Waals surface area (Å²) in [4.78, 5) is 25.9. The van der Waals surface area contributed by atoms with Crippen molar-refractivity contribution in [3.05, 3.63) is 148 Å². The summed E-state index contributed by atoms with van der Waals surface area (Å²) in [5.41, 5.74) is 17.9. The minimum Gasteiger partial charge on any atom is -0.495 e. The van der Waals surface area contributed by atoms with E-state index in [0.717, 1.165) is 37.9 Å². The van der Waals surface area contributed by atoms with E-state index in [4.69, 9.17) is 30.2 Å². The quantitative estimate of drug-likeness (QED) is 0.0665. The van der Waals surface area contributed by atoms with Crippen LogP contribution in [0, 0.1) is 24.7 Å². The lowest BCUT2D eigenvalue weighted by Gasteiger charge is -2.32.